The standard InChI is InChI=1S/C24H16IN5O6S/c25-20-3-1-2-4-21(20)30-22(31)18-10-5-14(11-19(18)23(30)32)24(33)36-13-15-12-29(28-27-15)16-6-8-17(9-7-16)37(26,34)35/h1-12H,13H2,(H2,26,34,35). The van der Waals surface area contributed by atoms with Gasteiger partial charge in [-0.3, -0.25) is 9.59 Å². The van der Waals surface area contributed by atoms with E-state index in [2.05, 4.69) is 32.9 Å². The molecule has 0 atom stereocenters. The normalized spacial score (nSPS) is 13.1. The van der Waals surface area contributed by atoms with Crippen molar-refractivity contribution in [3.8, 4) is 5.69 Å². The first-order chi connectivity index (χ1) is 17.6. The van der Waals surface area contributed by atoms with Crippen molar-refractivity contribution in [2.45, 2.75) is 11.5 Å². The van der Waals surface area contributed by atoms with Gasteiger partial charge in [-0.15, -0.1) is 5.10 Å². The predicted octanol–water partition coefficient (Wildman–Crippen LogP) is 2.68. The fourth-order valence-corrected chi connectivity index (χ4v) is 4.87. The highest BCUT2D eigenvalue weighted by atomic mass is 127. The van der Waals surface area contributed by atoms with Crippen molar-refractivity contribution in [1.29, 1.82) is 0 Å². The first kappa shape index (κ1) is 24.7. The van der Waals surface area contributed by atoms with Crippen molar-refractivity contribution < 1.29 is 27.5 Å². The van der Waals surface area contributed by atoms with E-state index in [-0.39, 0.29) is 28.2 Å². The number of nitrogens with zero attached hydrogens (tertiary/aromatic N) is 4. The molecule has 4 aromatic rings. The van der Waals surface area contributed by atoms with Gasteiger partial charge >= 0.3 is 5.97 Å². The zero-order valence-corrected chi connectivity index (χ0v) is 21.7. The molecule has 1 aromatic heterocycles. The summed E-state index contributed by atoms with van der Waals surface area (Å²) in [6.45, 7) is -0.202. The first-order valence-corrected chi connectivity index (χ1v) is 13.2. The quantitative estimate of drug-likeness (QED) is 0.194. The number of amides is 2. The maximum atomic E-state index is 13.0. The van der Waals surface area contributed by atoms with Gasteiger partial charge in [0.25, 0.3) is 11.8 Å². The molecule has 2 N–H and O–H groups in total. The lowest BCUT2D eigenvalue weighted by Gasteiger charge is -2.15. The fraction of sp³-hybridized carbons (Fsp3) is 0.0417. The predicted molar refractivity (Wildman–Crippen MR) is 139 cm³/mol. The number of sulfonamides is 1. The third-order valence-corrected chi connectivity index (χ3v) is 7.38. The van der Waals surface area contributed by atoms with Crippen molar-refractivity contribution in [3.05, 3.63) is 98.9 Å². The molecule has 186 valence electrons. The van der Waals surface area contributed by atoms with E-state index in [0.717, 1.165) is 8.47 Å². The van der Waals surface area contributed by atoms with Gasteiger partial charge in [0.05, 0.1) is 39.2 Å². The number of carbonyl (C=O) groups excluding carboxylic acids is 3. The molecule has 0 aliphatic carbocycles. The summed E-state index contributed by atoms with van der Waals surface area (Å²) in [5, 5.41) is 13.0. The molecule has 0 unspecified atom stereocenters. The summed E-state index contributed by atoms with van der Waals surface area (Å²) in [7, 11) is -3.82. The Morgan fingerprint density at radius 1 is 0.973 bits per heavy atom. The Morgan fingerprint density at radius 2 is 1.68 bits per heavy atom. The minimum atomic E-state index is -3.82. The largest absolute Gasteiger partial charge is 0.455 e. The number of anilines is 1. The summed E-state index contributed by atoms with van der Waals surface area (Å²) in [5.74, 6) is -1.68. The molecule has 1 aliphatic rings. The Bertz CT molecular complexity index is 1680. The second-order valence-electron chi connectivity index (χ2n) is 7.93. The van der Waals surface area contributed by atoms with Crippen LogP contribution in [0.5, 0.6) is 0 Å². The molecule has 13 heteroatoms. The van der Waals surface area contributed by atoms with E-state index in [9.17, 15) is 22.8 Å². The fourth-order valence-electron chi connectivity index (χ4n) is 3.72. The Balaban J connectivity index is 1.28. The number of hydrogen-bond acceptors (Lipinski definition) is 8. The van der Waals surface area contributed by atoms with Crippen LogP contribution in [0.3, 0.4) is 0 Å². The second kappa shape index (κ2) is 9.49. The van der Waals surface area contributed by atoms with Crippen LogP contribution in [0, 0.1) is 3.57 Å². The summed E-state index contributed by atoms with van der Waals surface area (Å²) in [5.41, 5.74) is 1.76. The maximum absolute atomic E-state index is 13.0. The van der Waals surface area contributed by atoms with Gasteiger partial charge in [0.1, 0.15) is 12.3 Å². The molecule has 0 bridgehead atoms. The average molecular weight is 629 g/mol. The van der Waals surface area contributed by atoms with E-state index >= 15 is 0 Å². The highest BCUT2D eigenvalue weighted by molar-refractivity contribution is 14.1. The van der Waals surface area contributed by atoms with Crippen molar-refractivity contribution >= 4 is 56.1 Å². The van der Waals surface area contributed by atoms with Crippen LogP contribution in [0.15, 0.2) is 77.8 Å². The zero-order valence-electron chi connectivity index (χ0n) is 18.7. The Labute approximate surface area is 224 Å². The Morgan fingerprint density at radius 3 is 2.38 bits per heavy atom. The Kier molecular flexibility index (Phi) is 6.35. The summed E-state index contributed by atoms with van der Waals surface area (Å²) in [4.78, 5) is 39.6. The van der Waals surface area contributed by atoms with E-state index in [0.29, 0.717) is 17.1 Å². The van der Waals surface area contributed by atoms with E-state index < -0.39 is 27.8 Å². The molecule has 0 saturated carbocycles. The van der Waals surface area contributed by atoms with Crippen LogP contribution in [0.1, 0.15) is 36.8 Å². The molecule has 0 saturated heterocycles. The SMILES string of the molecule is NS(=O)(=O)c1ccc(-n2cc(COC(=O)c3ccc4c(c3)C(=O)N(c3ccccc3I)C4=O)nn2)cc1. The number of hydrogen-bond donors (Lipinski definition) is 1. The van der Waals surface area contributed by atoms with Gasteiger partial charge in [0, 0.05) is 3.57 Å². The lowest BCUT2D eigenvalue weighted by molar-refractivity contribution is 0.0467. The molecule has 3 aromatic carbocycles. The molecule has 0 spiro atoms. The molecular weight excluding hydrogens is 613 g/mol. The van der Waals surface area contributed by atoms with Crippen LogP contribution in [-0.4, -0.2) is 41.2 Å². The lowest BCUT2D eigenvalue weighted by Crippen LogP contribution is -2.30. The van der Waals surface area contributed by atoms with Crippen molar-refractivity contribution in [1.82, 2.24) is 15.0 Å². The molecule has 2 heterocycles. The second-order valence-corrected chi connectivity index (χ2v) is 10.7. The van der Waals surface area contributed by atoms with E-state index in [1.807, 2.05) is 0 Å². The molecule has 11 nitrogen and oxygen atoms in total. The van der Waals surface area contributed by atoms with Gasteiger partial charge in [-0.2, -0.15) is 0 Å². The molecule has 1 aliphatic heterocycles. The molecule has 5 rings (SSSR count). The summed E-state index contributed by atoms with van der Waals surface area (Å²) >= 11 is 2.05. The number of halogens is 1. The van der Waals surface area contributed by atoms with Crippen LogP contribution in [0.25, 0.3) is 5.69 Å². The number of para-hydroxylation sites is 1. The maximum Gasteiger partial charge on any atom is 0.338 e. The van der Waals surface area contributed by atoms with Gasteiger partial charge in [0.15, 0.2) is 0 Å². The number of carbonyl (C=O) groups is 3. The number of ether oxygens (including phenoxy) is 1. The Hall–Kier alpha value is -3.95. The van der Waals surface area contributed by atoms with Crippen LogP contribution in [0.2, 0.25) is 0 Å². The van der Waals surface area contributed by atoms with E-state index in [1.54, 1.807) is 24.3 Å². The lowest BCUT2D eigenvalue weighted by atomic mass is 10.1. The highest BCUT2D eigenvalue weighted by Gasteiger charge is 2.38. The number of nitrogens with two attached hydrogens (primary N) is 1. The van der Waals surface area contributed by atoms with Crippen molar-refractivity contribution in [2.24, 2.45) is 5.14 Å². The number of imide groups is 1. The van der Waals surface area contributed by atoms with Gasteiger partial charge in [-0.05, 0) is 77.2 Å². The number of esters is 1. The number of benzene rings is 3. The van der Waals surface area contributed by atoms with Crippen molar-refractivity contribution in [2.75, 3.05) is 4.90 Å². The minimum Gasteiger partial charge on any atom is -0.455 e. The smallest absolute Gasteiger partial charge is 0.338 e. The third kappa shape index (κ3) is 4.75. The number of aromatic nitrogens is 3. The van der Waals surface area contributed by atoms with E-state index in [4.69, 9.17) is 9.88 Å². The zero-order chi connectivity index (χ0) is 26.3. The van der Waals surface area contributed by atoms with E-state index in [1.165, 1.54) is 53.3 Å². The summed E-state index contributed by atoms with van der Waals surface area (Å²) in [6, 6.07) is 16.9. The monoisotopic (exact) mass is 629 g/mol. The summed E-state index contributed by atoms with van der Waals surface area (Å²) < 4.78 is 30.2. The number of primary sulfonamides is 1. The molecule has 2 amide bonds. The molecule has 0 fully saturated rings. The van der Waals surface area contributed by atoms with Crippen LogP contribution >= 0.6 is 22.6 Å². The topological polar surface area (TPSA) is 155 Å². The molecular formula is C24H16IN5O6S. The van der Waals surface area contributed by atoms with Crippen LogP contribution < -0.4 is 10.0 Å². The van der Waals surface area contributed by atoms with Crippen molar-refractivity contribution in [3.63, 3.8) is 0 Å². The average Bonchev–Trinajstić information content (AvgIpc) is 3.45. The first-order valence-electron chi connectivity index (χ1n) is 10.6. The number of rotatable bonds is 6. The van der Waals surface area contributed by atoms with Gasteiger partial charge in [0.2, 0.25) is 10.0 Å². The minimum absolute atomic E-state index is 0.0401. The van der Waals surface area contributed by atoms with Crippen LogP contribution in [0.4, 0.5) is 5.69 Å². The van der Waals surface area contributed by atoms with Gasteiger partial charge in [-0.25, -0.2) is 27.9 Å². The van der Waals surface area contributed by atoms with Crippen LogP contribution in [-0.2, 0) is 21.4 Å². The number of fused-ring (bicyclic) bond motifs is 1. The third-order valence-electron chi connectivity index (χ3n) is 5.54. The highest BCUT2D eigenvalue weighted by Crippen LogP contribution is 2.32. The molecule has 37 heavy (non-hydrogen) atoms. The summed E-state index contributed by atoms with van der Waals surface area (Å²) in [6.07, 6.45) is 1.52. The van der Waals surface area contributed by atoms with Gasteiger partial charge in [-0.1, -0.05) is 17.3 Å². The molecule has 0 radical (unpaired) electrons. The van der Waals surface area contributed by atoms with Gasteiger partial charge < -0.3 is 4.74 Å².